The van der Waals surface area contributed by atoms with Crippen LogP contribution in [-0.2, 0) is 11.3 Å². The maximum absolute atomic E-state index is 11.3. The largest absolute Gasteiger partial charge is 0.465 e. The minimum Gasteiger partial charge on any atom is -0.465 e. The number of anilines is 1. The summed E-state index contributed by atoms with van der Waals surface area (Å²) in [5.41, 5.74) is 1.57. The molecule has 0 saturated carbocycles. The van der Waals surface area contributed by atoms with Crippen LogP contribution in [0.15, 0.2) is 42.5 Å². The minimum atomic E-state index is -0.337. The van der Waals surface area contributed by atoms with Gasteiger partial charge < -0.3 is 10.1 Å². The molecule has 0 atom stereocenters. The van der Waals surface area contributed by atoms with Gasteiger partial charge in [-0.05, 0) is 29.8 Å². The van der Waals surface area contributed by atoms with Gasteiger partial charge in [0.1, 0.15) is 11.0 Å². The number of rotatable bonds is 4. The summed E-state index contributed by atoms with van der Waals surface area (Å²) in [6.07, 6.45) is 0. The number of pyridine rings is 1. The molecule has 2 rings (SSSR count). The molecule has 0 saturated heterocycles. The lowest BCUT2D eigenvalue weighted by molar-refractivity contribution is 0.0600. The van der Waals surface area contributed by atoms with Crippen molar-refractivity contribution in [2.45, 2.75) is 6.54 Å². The first-order valence-corrected chi connectivity index (χ1v) is 6.10. The second-order valence-corrected chi connectivity index (χ2v) is 4.27. The summed E-state index contributed by atoms with van der Waals surface area (Å²) in [6, 6.07) is 12.6. The van der Waals surface area contributed by atoms with Crippen molar-refractivity contribution in [2.24, 2.45) is 0 Å². The highest BCUT2D eigenvalue weighted by Gasteiger charge is 2.04. The standard InChI is InChI=1S/C14H13ClN2O2/c1-19-14(18)11-7-5-10(6-8-11)9-16-13-4-2-3-12(15)17-13/h2-8H,9H2,1H3,(H,16,17). The number of nitrogens with zero attached hydrogens (tertiary/aromatic N) is 1. The van der Waals surface area contributed by atoms with Crippen molar-refractivity contribution in [3.05, 3.63) is 58.7 Å². The molecule has 0 unspecified atom stereocenters. The monoisotopic (exact) mass is 276 g/mol. The van der Waals surface area contributed by atoms with E-state index >= 15 is 0 Å². The predicted molar refractivity (Wildman–Crippen MR) is 74.4 cm³/mol. The Morgan fingerprint density at radius 3 is 2.63 bits per heavy atom. The number of ether oxygens (including phenoxy) is 1. The molecule has 98 valence electrons. The Morgan fingerprint density at radius 1 is 1.26 bits per heavy atom. The van der Waals surface area contributed by atoms with Crippen LogP contribution >= 0.6 is 11.6 Å². The van der Waals surface area contributed by atoms with E-state index < -0.39 is 0 Å². The zero-order valence-corrected chi connectivity index (χ0v) is 11.1. The Morgan fingerprint density at radius 2 is 2.00 bits per heavy atom. The molecule has 0 radical (unpaired) electrons. The summed E-state index contributed by atoms with van der Waals surface area (Å²) in [5, 5.41) is 3.60. The summed E-state index contributed by atoms with van der Waals surface area (Å²) in [4.78, 5) is 15.4. The van der Waals surface area contributed by atoms with Crippen molar-refractivity contribution >= 4 is 23.4 Å². The lowest BCUT2D eigenvalue weighted by Gasteiger charge is -2.06. The molecule has 0 aliphatic rings. The summed E-state index contributed by atoms with van der Waals surface area (Å²) < 4.78 is 4.64. The molecule has 19 heavy (non-hydrogen) atoms. The van der Waals surface area contributed by atoms with Crippen LogP contribution in [0.3, 0.4) is 0 Å². The molecule has 4 nitrogen and oxygen atoms in total. The fourth-order valence-electron chi connectivity index (χ4n) is 1.58. The van der Waals surface area contributed by atoms with Gasteiger partial charge in [-0.15, -0.1) is 0 Å². The molecule has 2 aromatic rings. The van der Waals surface area contributed by atoms with Crippen LogP contribution in [-0.4, -0.2) is 18.1 Å². The first kappa shape index (κ1) is 13.4. The molecule has 0 aliphatic heterocycles. The normalized spacial score (nSPS) is 10.0. The van der Waals surface area contributed by atoms with Crippen molar-refractivity contribution in [1.82, 2.24) is 4.98 Å². The molecule has 1 aromatic heterocycles. The molecule has 1 heterocycles. The van der Waals surface area contributed by atoms with Crippen LogP contribution in [0.25, 0.3) is 0 Å². The first-order valence-electron chi connectivity index (χ1n) is 5.73. The number of carbonyl (C=O) groups excluding carboxylic acids is 1. The molecule has 0 aliphatic carbocycles. The van der Waals surface area contributed by atoms with E-state index in [1.807, 2.05) is 24.3 Å². The Labute approximate surface area is 116 Å². The molecule has 0 bridgehead atoms. The van der Waals surface area contributed by atoms with E-state index in [2.05, 4.69) is 15.0 Å². The van der Waals surface area contributed by atoms with Gasteiger partial charge in [-0.3, -0.25) is 0 Å². The summed E-state index contributed by atoms with van der Waals surface area (Å²) in [7, 11) is 1.36. The number of hydrogen-bond donors (Lipinski definition) is 1. The molecule has 0 fully saturated rings. The number of carbonyl (C=O) groups is 1. The Bertz CT molecular complexity index is 570. The number of esters is 1. The summed E-state index contributed by atoms with van der Waals surface area (Å²) in [5.74, 6) is 0.376. The summed E-state index contributed by atoms with van der Waals surface area (Å²) in [6.45, 7) is 0.606. The van der Waals surface area contributed by atoms with Gasteiger partial charge in [0, 0.05) is 6.54 Å². The van der Waals surface area contributed by atoms with Crippen LogP contribution in [0.1, 0.15) is 15.9 Å². The Balaban J connectivity index is 1.98. The van der Waals surface area contributed by atoms with E-state index in [1.165, 1.54) is 7.11 Å². The predicted octanol–water partition coefficient (Wildman–Crippen LogP) is 3.13. The minimum absolute atomic E-state index is 0.337. The molecule has 0 spiro atoms. The molecule has 1 N–H and O–H groups in total. The average Bonchev–Trinajstić information content (AvgIpc) is 2.45. The van der Waals surface area contributed by atoms with Gasteiger partial charge in [0.25, 0.3) is 0 Å². The highest BCUT2D eigenvalue weighted by Crippen LogP contribution is 2.11. The SMILES string of the molecule is COC(=O)c1ccc(CNc2cccc(Cl)n2)cc1. The fraction of sp³-hybridized carbons (Fsp3) is 0.143. The van der Waals surface area contributed by atoms with E-state index in [1.54, 1.807) is 18.2 Å². The maximum Gasteiger partial charge on any atom is 0.337 e. The van der Waals surface area contributed by atoms with Gasteiger partial charge in [-0.1, -0.05) is 29.8 Å². The topological polar surface area (TPSA) is 51.2 Å². The highest BCUT2D eigenvalue weighted by molar-refractivity contribution is 6.29. The van der Waals surface area contributed by atoms with Gasteiger partial charge in [-0.25, -0.2) is 9.78 Å². The van der Waals surface area contributed by atoms with Gasteiger partial charge in [0.2, 0.25) is 0 Å². The van der Waals surface area contributed by atoms with Crippen LogP contribution in [0.2, 0.25) is 5.15 Å². The zero-order valence-electron chi connectivity index (χ0n) is 10.4. The second-order valence-electron chi connectivity index (χ2n) is 3.89. The smallest absolute Gasteiger partial charge is 0.337 e. The van der Waals surface area contributed by atoms with Crippen molar-refractivity contribution in [1.29, 1.82) is 0 Å². The van der Waals surface area contributed by atoms with Crippen LogP contribution < -0.4 is 5.32 Å². The lowest BCUT2D eigenvalue weighted by Crippen LogP contribution is -2.03. The van der Waals surface area contributed by atoms with E-state index in [4.69, 9.17) is 11.6 Å². The van der Waals surface area contributed by atoms with E-state index in [-0.39, 0.29) is 5.97 Å². The van der Waals surface area contributed by atoms with E-state index in [0.29, 0.717) is 23.1 Å². The molecule has 0 amide bonds. The van der Waals surface area contributed by atoms with Crippen molar-refractivity contribution < 1.29 is 9.53 Å². The third-order valence-electron chi connectivity index (χ3n) is 2.56. The number of aromatic nitrogens is 1. The third-order valence-corrected chi connectivity index (χ3v) is 2.77. The molecular weight excluding hydrogens is 264 g/mol. The first-order chi connectivity index (χ1) is 9.19. The van der Waals surface area contributed by atoms with E-state index in [0.717, 1.165) is 5.56 Å². The molecular formula is C14H13ClN2O2. The van der Waals surface area contributed by atoms with E-state index in [9.17, 15) is 4.79 Å². The fourth-order valence-corrected chi connectivity index (χ4v) is 1.74. The Hall–Kier alpha value is -2.07. The number of benzene rings is 1. The molecule has 5 heteroatoms. The van der Waals surface area contributed by atoms with Gasteiger partial charge in [0.05, 0.1) is 12.7 Å². The van der Waals surface area contributed by atoms with Crippen molar-refractivity contribution in [3.8, 4) is 0 Å². The van der Waals surface area contributed by atoms with Crippen molar-refractivity contribution in [2.75, 3.05) is 12.4 Å². The van der Waals surface area contributed by atoms with Crippen LogP contribution in [0, 0.1) is 0 Å². The number of methoxy groups -OCH3 is 1. The molecule has 1 aromatic carbocycles. The van der Waals surface area contributed by atoms with Gasteiger partial charge in [0.15, 0.2) is 0 Å². The number of nitrogens with one attached hydrogen (secondary N) is 1. The lowest BCUT2D eigenvalue weighted by atomic mass is 10.1. The van der Waals surface area contributed by atoms with Crippen molar-refractivity contribution in [3.63, 3.8) is 0 Å². The highest BCUT2D eigenvalue weighted by atomic mass is 35.5. The van der Waals surface area contributed by atoms with Crippen LogP contribution in [0.4, 0.5) is 5.82 Å². The number of halogens is 1. The quantitative estimate of drug-likeness (QED) is 0.688. The number of hydrogen-bond acceptors (Lipinski definition) is 4. The average molecular weight is 277 g/mol. The van der Waals surface area contributed by atoms with Crippen LogP contribution in [0.5, 0.6) is 0 Å². The van der Waals surface area contributed by atoms with Gasteiger partial charge in [-0.2, -0.15) is 0 Å². The second kappa shape index (κ2) is 6.20. The maximum atomic E-state index is 11.3. The third kappa shape index (κ3) is 3.69. The zero-order chi connectivity index (χ0) is 13.7. The van der Waals surface area contributed by atoms with Gasteiger partial charge >= 0.3 is 5.97 Å². The summed E-state index contributed by atoms with van der Waals surface area (Å²) >= 11 is 5.80. The Kier molecular flexibility index (Phi) is 4.36.